The van der Waals surface area contributed by atoms with Crippen molar-refractivity contribution in [3.05, 3.63) is 29.8 Å². The van der Waals surface area contributed by atoms with Gasteiger partial charge in [0, 0.05) is 18.5 Å². The van der Waals surface area contributed by atoms with Gasteiger partial charge in [0.2, 0.25) is 5.95 Å². The first-order chi connectivity index (χ1) is 11.1. The number of hydrogen-bond donors (Lipinski definition) is 1. The molecule has 1 aliphatic carbocycles. The highest BCUT2D eigenvalue weighted by Crippen LogP contribution is 2.38. The lowest BCUT2D eigenvalue weighted by Gasteiger charge is -2.32. The Morgan fingerprint density at radius 1 is 1.17 bits per heavy atom. The number of benzene rings is 1. The molecule has 6 nitrogen and oxygen atoms in total. The molecule has 3 rings (SSSR count). The average molecular weight is 314 g/mol. The second kappa shape index (κ2) is 6.66. The molecule has 0 radical (unpaired) electrons. The van der Waals surface area contributed by atoms with Crippen LogP contribution >= 0.6 is 0 Å². The summed E-state index contributed by atoms with van der Waals surface area (Å²) in [6.07, 6.45) is 5.17. The summed E-state index contributed by atoms with van der Waals surface area (Å²) >= 11 is 0. The first kappa shape index (κ1) is 15.9. The van der Waals surface area contributed by atoms with E-state index in [4.69, 9.17) is 0 Å². The zero-order valence-corrected chi connectivity index (χ0v) is 14.3. The Morgan fingerprint density at radius 3 is 2.52 bits per heavy atom. The highest BCUT2D eigenvalue weighted by Gasteiger charge is 2.34. The third-order valence-corrected chi connectivity index (χ3v) is 4.69. The Morgan fingerprint density at radius 2 is 1.87 bits per heavy atom. The van der Waals surface area contributed by atoms with Crippen molar-refractivity contribution in [1.29, 1.82) is 0 Å². The molecule has 1 aromatic carbocycles. The molecule has 1 aromatic heterocycles. The number of tetrazole rings is 1. The van der Waals surface area contributed by atoms with Crippen LogP contribution in [0.4, 0.5) is 5.95 Å². The maximum Gasteiger partial charge on any atom is 0.247 e. The summed E-state index contributed by atoms with van der Waals surface area (Å²) in [6, 6.07) is 8.24. The quantitative estimate of drug-likeness (QED) is 0.888. The lowest BCUT2D eigenvalue weighted by atomic mass is 9.85. The number of nitrogens with zero attached hydrogens (tertiary/aromatic N) is 5. The zero-order valence-electron chi connectivity index (χ0n) is 14.3. The van der Waals surface area contributed by atoms with Crippen molar-refractivity contribution in [3.8, 4) is 5.69 Å². The van der Waals surface area contributed by atoms with Crippen LogP contribution in [0.15, 0.2) is 24.3 Å². The number of nitrogens with one attached hydrogen (secondary N) is 1. The summed E-state index contributed by atoms with van der Waals surface area (Å²) in [6.45, 7) is 4.09. The molecular weight excluding hydrogens is 288 g/mol. The molecule has 1 fully saturated rings. The van der Waals surface area contributed by atoms with E-state index in [9.17, 15) is 0 Å². The number of rotatable bonds is 6. The number of anilines is 1. The predicted molar refractivity (Wildman–Crippen MR) is 91.8 cm³/mol. The Balaban J connectivity index is 1.73. The van der Waals surface area contributed by atoms with Gasteiger partial charge in [0.05, 0.1) is 5.69 Å². The maximum atomic E-state index is 4.16. The second-order valence-electron chi connectivity index (χ2n) is 7.05. The molecule has 0 saturated heterocycles. The van der Waals surface area contributed by atoms with Crippen molar-refractivity contribution in [2.24, 2.45) is 5.41 Å². The van der Waals surface area contributed by atoms with Crippen LogP contribution in [0.5, 0.6) is 0 Å². The van der Waals surface area contributed by atoms with Crippen molar-refractivity contribution in [3.63, 3.8) is 0 Å². The van der Waals surface area contributed by atoms with Gasteiger partial charge in [0.25, 0.3) is 0 Å². The standard InChI is InChI=1S/C17H26N6/c1-14-6-8-15(9-7-14)23-16(19-20-21-23)18-12-17(13-22(2)3)10-4-5-11-17/h6-9H,4-5,10-13H2,1-3H3,(H,18,19,21). The van der Waals surface area contributed by atoms with E-state index in [1.807, 2.05) is 12.1 Å². The molecule has 1 aliphatic rings. The largest absolute Gasteiger partial charge is 0.352 e. The first-order valence-corrected chi connectivity index (χ1v) is 8.32. The molecule has 124 valence electrons. The van der Waals surface area contributed by atoms with E-state index in [1.165, 1.54) is 31.2 Å². The molecule has 0 atom stereocenters. The maximum absolute atomic E-state index is 4.16. The van der Waals surface area contributed by atoms with Crippen molar-refractivity contribution >= 4 is 5.95 Å². The van der Waals surface area contributed by atoms with Crippen molar-refractivity contribution in [2.45, 2.75) is 32.6 Å². The molecule has 0 amide bonds. The molecule has 2 aromatic rings. The van der Waals surface area contributed by atoms with Crippen molar-refractivity contribution in [1.82, 2.24) is 25.1 Å². The van der Waals surface area contributed by atoms with Crippen LogP contribution in [0, 0.1) is 12.3 Å². The van der Waals surface area contributed by atoms with Crippen LogP contribution in [0.25, 0.3) is 5.69 Å². The van der Waals surface area contributed by atoms with Crippen LogP contribution in [0.3, 0.4) is 0 Å². The summed E-state index contributed by atoms with van der Waals surface area (Å²) < 4.78 is 1.78. The van der Waals surface area contributed by atoms with E-state index < -0.39 is 0 Å². The molecule has 0 spiro atoms. The predicted octanol–water partition coefficient (Wildman–Crippen LogP) is 2.50. The average Bonchev–Trinajstić information content (AvgIpc) is 3.15. The first-order valence-electron chi connectivity index (χ1n) is 8.32. The molecule has 0 unspecified atom stereocenters. The lowest BCUT2D eigenvalue weighted by molar-refractivity contribution is 0.215. The fourth-order valence-corrected chi connectivity index (χ4v) is 3.61. The van der Waals surface area contributed by atoms with Crippen LogP contribution in [-0.4, -0.2) is 52.3 Å². The lowest BCUT2D eigenvalue weighted by Crippen LogP contribution is -2.37. The van der Waals surface area contributed by atoms with Crippen LogP contribution in [0.1, 0.15) is 31.2 Å². The summed E-state index contributed by atoms with van der Waals surface area (Å²) in [7, 11) is 4.30. The van der Waals surface area contributed by atoms with Gasteiger partial charge in [0.1, 0.15) is 0 Å². The minimum Gasteiger partial charge on any atom is -0.352 e. The Labute approximate surface area is 137 Å². The third kappa shape index (κ3) is 3.69. The van der Waals surface area contributed by atoms with Gasteiger partial charge in [-0.05, 0) is 56.4 Å². The fraction of sp³-hybridized carbons (Fsp3) is 0.588. The monoisotopic (exact) mass is 314 g/mol. The highest BCUT2D eigenvalue weighted by molar-refractivity contribution is 5.40. The topological polar surface area (TPSA) is 58.9 Å². The van der Waals surface area contributed by atoms with E-state index in [0.717, 1.165) is 24.7 Å². The number of hydrogen-bond acceptors (Lipinski definition) is 5. The van der Waals surface area contributed by atoms with Gasteiger partial charge in [-0.25, -0.2) is 0 Å². The minimum absolute atomic E-state index is 0.327. The normalized spacial score (nSPS) is 16.9. The van der Waals surface area contributed by atoms with E-state index in [2.05, 4.69) is 58.9 Å². The van der Waals surface area contributed by atoms with Gasteiger partial charge in [-0.3, -0.25) is 0 Å². The molecule has 0 bridgehead atoms. The third-order valence-electron chi connectivity index (χ3n) is 4.69. The van der Waals surface area contributed by atoms with Gasteiger partial charge in [-0.2, -0.15) is 4.68 Å². The number of aromatic nitrogens is 4. The Bertz CT molecular complexity index is 625. The van der Waals surface area contributed by atoms with Gasteiger partial charge in [-0.15, -0.1) is 0 Å². The van der Waals surface area contributed by atoms with Crippen molar-refractivity contribution in [2.75, 3.05) is 32.5 Å². The summed E-state index contributed by atoms with van der Waals surface area (Å²) in [4.78, 5) is 2.29. The molecular formula is C17H26N6. The molecule has 1 heterocycles. The van der Waals surface area contributed by atoms with Gasteiger partial charge < -0.3 is 10.2 Å². The van der Waals surface area contributed by atoms with Crippen LogP contribution in [-0.2, 0) is 0 Å². The zero-order chi connectivity index (χ0) is 16.3. The Hall–Kier alpha value is -1.95. The summed E-state index contributed by atoms with van der Waals surface area (Å²) in [5.41, 5.74) is 2.54. The van der Waals surface area contributed by atoms with Crippen LogP contribution in [0.2, 0.25) is 0 Å². The fourth-order valence-electron chi connectivity index (χ4n) is 3.61. The smallest absolute Gasteiger partial charge is 0.247 e. The van der Waals surface area contributed by atoms with Gasteiger partial charge in [-0.1, -0.05) is 35.6 Å². The van der Waals surface area contributed by atoms with E-state index in [1.54, 1.807) is 4.68 Å². The summed E-state index contributed by atoms with van der Waals surface area (Å²) in [5, 5.41) is 15.6. The van der Waals surface area contributed by atoms with E-state index >= 15 is 0 Å². The van der Waals surface area contributed by atoms with E-state index in [0.29, 0.717) is 5.41 Å². The molecule has 6 heteroatoms. The van der Waals surface area contributed by atoms with E-state index in [-0.39, 0.29) is 0 Å². The van der Waals surface area contributed by atoms with Crippen LogP contribution < -0.4 is 5.32 Å². The SMILES string of the molecule is Cc1ccc(-n2nnnc2NCC2(CN(C)C)CCCC2)cc1. The van der Waals surface area contributed by atoms with Crippen molar-refractivity contribution < 1.29 is 0 Å². The minimum atomic E-state index is 0.327. The molecule has 1 saturated carbocycles. The summed E-state index contributed by atoms with van der Waals surface area (Å²) in [5.74, 6) is 0.721. The Kier molecular flexibility index (Phi) is 4.61. The molecule has 23 heavy (non-hydrogen) atoms. The molecule has 0 aliphatic heterocycles. The van der Waals surface area contributed by atoms with Gasteiger partial charge in [0.15, 0.2) is 0 Å². The molecule has 1 N–H and O–H groups in total. The van der Waals surface area contributed by atoms with Gasteiger partial charge >= 0.3 is 0 Å². The highest BCUT2D eigenvalue weighted by atomic mass is 15.6. The second-order valence-corrected chi connectivity index (χ2v) is 7.05. The number of aryl methyl sites for hydroxylation is 1.